The number of aryl methyl sites for hydroxylation is 1. The second-order valence-electron chi connectivity index (χ2n) is 7.05. The highest BCUT2D eigenvalue weighted by Gasteiger charge is 2.37. The van der Waals surface area contributed by atoms with E-state index < -0.39 is 5.60 Å². The number of allylic oxidation sites excluding steroid dienone is 1. The van der Waals surface area contributed by atoms with Crippen LogP contribution >= 0.6 is 50.7 Å². The van der Waals surface area contributed by atoms with E-state index in [-0.39, 0.29) is 0 Å². The molecule has 27 heavy (non-hydrogen) atoms. The Morgan fingerprint density at radius 1 is 1.22 bits per heavy atom. The van der Waals surface area contributed by atoms with Gasteiger partial charge in [0.15, 0.2) is 5.60 Å². The molecule has 0 spiro atoms. The SMILES string of the molecule is C=C(C)CCc1ccc(C2=NOC(C)(c3cc(Cl)c(Cl)c(Cl)c3)C2)cc1Br. The van der Waals surface area contributed by atoms with Gasteiger partial charge in [-0.15, -0.1) is 6.58 Å². The Kier molecular flexibility index (Phi) is 6.27. The number of benzene rings is 2. The molecule has 0 N–H and O–H groups in total. The summed E-state index contributed by atoms with van der Waals surface area (Å²) in [5.41, 5.74) is 4.54. The Balaban J connectivity index is 1.81. The van der Waals surface area contributed by atoms with Gasteiger partial charge in [0.05, 0.1) is 20.8 Å². The van der Waals surface area contributed by atoms with Gasteiger partial charge in [0.25, 0.3) is 0 Å². The lowest BCUT2D eigenvalue weighted by Crippen LogP contribution is -2.22. The normalized spacial score (nSPS) is 19.0. The summed E-state index contributed by atoms with van der Waals surface area (Å²) in [5, 5.41) is 5.48. The smallest absolute Gasteiger partial charge is 0.165 e. The molecule has 0 saturated heterocycles. The first kappa shape index (κ1) is 20.7. The number of rotatable bonds is 5. The molecule has 0 aromatic heterocycles. The lowest BCUT2D eigenvalue weighted by atomic mass is 9.89. The Morgan fingerprint density at radius 2 is 1.89 bits per heavy atom. The lowest BCUT2D eigenvalue weighted by molar-refractivity contribution is -0.00737. The van der Waals surface area contributed by atoms with Gasteiger partial charge in [-0.3, -0.25) is 0 Å². The van der Waals surface area contributed by atoms with Crippen LogP contribution in [0.15, 0.2) is 52.1 Å². The molecule has 0 radical (unpaired) electrons. The zero-order valence-corrected chi connectivity index (χ0v) is 18.9. The number of halogens is 4. The maximum absolute atomic E-state index is 6.18. The Morgan fingerprint density at radius 3 is 2.48 bits per heavy atom. The quantitative estimate of drug-likeness (QED) is 0.310. The van der Waals surface area contributed by atoms with E-state index in [0.717, 1.165) is 34.2 Å². The van der Waals surface area contributed by atoms with E-state index in [4.69, 9.17) is 39.6 Å². The van der Waals surface area contributed by atoms with E-state index in [0.29, 0.717) is 21.5 Å². The molecule has 2 aromatic carbocycles. The van der Waals surface area contributed by atoms with Crippen LogP contribution in [0.1, 0.15) is 43.4 Å². The van der Waals surface area contributed by atoms with Gasteiger partial charge in [0.1, 0.15) is 0 Å². The fourth-order valence-electron chi connectivity index (χ4n) is 2.99. The van der Waals surface area contributed by atoms with E-state index >= 15 is 0 Å². The van der Waals surface area contributed by atoms with Crippen LogP contribution in [0.2, 0.25) is 15.1 Å². The molecule has 0 saturated carbocycles. The number of hydrogen-bond acceptors (Lipinski definition) is 2. The Labute approximate surface area is 183 Å². The molecule has 142 valence electrons. The third-order valence-corrected chi connectivity index (χ3v) is 6.60. The summed E-state index contributed by atoms with van der Waals surface area (Å²) in [4.78, 5) is 5.79. The molecule has 0 amide bonds. The maximum atomic E-state index is 6.18. The summed E-state index contributed by atoms with van der Waals surface area (Å²) >= 11 is 22.1. The number of oxime groups is 1. The first-order valence-corrected chi connectivity index (χ1v) is 10.5. The molecule has 1 atom stereocenters. The van der Waals surface area contributed by atoms with Crippen molar-refractivity contribution in [1.82, 2.24) is 0 Å². The Hall–Kier alpha value is -1.000. The summed E-state index contributed by atoms with van der Waals surface area (Å²) < 4.78 is 1.06. The zero-order chi connectivity index (χ0) is 19.8. The fourth-order valence-corrected chi connectivity index (χ4v) is 4.16. The van der Waals surface area contributed by atoms with Crippen LogP contribution in [-0.4, -0.2) is 5.71 Å². The van der Waals surface area contributed by atoms with Crippen molar-refractivity contribution in [3.63, 3.8) is 0 Å². The van der Waals surface area contributed by atoms with Gasteiger partial charge in [-0.2, -0.15) is 0 Å². The zero-order valence-electron chi connectivity index (χ0n) is 15.1. The van der Waals surface area contributed by atoms with Crippen LogP contribution in [0.4, 0.5) is 0 Å². The molecule has 3 rings (SSSR count). The van der Waals surface area contributed by atoms with Crippen molar-refractivity contribution in [3.05, 3.63) is 78.7 Å². The van der Waals surface area contributed by atoms with Gasteiger partial charge in [0.2, 0.25) is 0 Å². The van der Waals surface area contributed by atoms with Crippen LogP contribution in [0.5, 0.6) is 0 Å². The molecule has 2 nitrogen and oxygen atoms in total. The molecule has 6 heteroatoms. The molecular formula is C21H19BrCl3NO. The van der Waals surface area contributed by atoms with Crippen molar-refractivity contribution in [1.29, 1.82) is 0 Å². The summed E-state index contributed by atoms with van der Waals surface area (Å²) in [5.74, 6) is 0. The average molecular weight is 488 g/mol. The van der Waals surface area contributed by atoms with Crippen LogP contribution < -0.4 is 0 Å². The van der Waals surface area contributed by atoms with Gasteiger partial charge < -0.3 is 4.84 Å². The molecule has 0 aliphatic carbocycles. The van der Waals surface area contributed by atoms with Gasteiger partial charge >= 0.3 is 0 Å². The van der Waals surface area contributed by atoms with Gasteiger partial charge in [-0.25, -0.2) is 0 Å². The average Bonchev–Trinajstić information content (AvgIpc) is 3.01. The molecule has 0 bridgehead atoms. The van der Waals surface area contributed by atoms with E-state index in [2.05, 4.69) is 45.9 Å². The van der Waals surface area contributed by atoms with Gasteiger partial charge in [-0.1, -0.05) is 73.6 Å². The summed E-state index contributed by atoms with van der Waals surface area (Å²) in [6, 6.07) is 9.85. The topological polar surface area (TPSA) is 21.6 Å². The van der Waals surface area contributed by atoms with Crippen molar-refractivity contribution in [2.45, 2.75) is 38.7 Å². The highest BCUT2D eigenvalue weighted by Crippen LogP contribution is 2.41. The maximum Gasteiger partial charge on any atom is 0.165 e. The van der Waals surface area contributed by atoms with E-state index in [9.17, 15) is 0 Å². The van der Waals surface area contributed by atoms with Crippen molar-refractivity contribution >= 4 is 56.4 Å². The molecule has 1 unspecified atom stereocenters. The molecule has 1 aliphatic heterocycles. The predicted molar refractivity (Wildman–Crippen MR) is 118 cm³/mol. The van der Waals surface area contributed by atoms with Crippen LogP contribution in [0.3, 0.4) is 0 Å². The van der Waals surface area contributed by atoms with Crippen LogP contribution in [0, 0.1) is 0 Å². The molecule has 1 heterocycles. The van der Waals surface area contributed by atoms with Gasteiger partial charge in [0, 0.05) is 22.0 Å². The van der Waals surface area contributed by atoms with Crippen molar-refractivity contribution < 1.29 is 4.84 Å². The molecule has 2 aromatic rings. The lowest BCUT2D eigenvalue weighted by Gasteiger charge is -2.22. The fraction of sp³-hybridized carbons (Fsp3) is 0.286. The monoisotopic (exact) mass is 485 g/mol. The van der Waals surface area contributed by atoms with E-state index in [1.807, 2.05) is 13.8 Å². The van der Waals surface area contributed by atoms with Crippen molar-refractivity contribution in [2.24, 2.45) is 5.16 Å². The van der Waals surface area contributed by atoms with Crippen molar-refractivity contribution in [2.75, 3.05) is 0 Å². The van der Waals surface area contributed by atoms with E-state index in [1.165, 1.54) is 11.1 Å². The first-order chi connectivity index (χ1) is 12.7. The van der Waals surface area contributed by atoms with E-state index in [1.54, 1.807) is 12.1 Å². The minimum Gasteiger partial charge on any atom is -0.384 e. The summed E-state index contributed by atoms with van der Waals surface area (Å²) in [6.45, 7) is 7.98. The summed E-state index contributed by atoms with van der Waals surface area (Å²) in [7, 11) is 0. The highest BCUT2D eigenvalue weighted by atomic mass is 79.9. The minimum absolute atomic E-state index is 0.346. The standard InChI is InChI=1S/C21H19BrCl3NO/c1-12(2)4-5-13-6-7-14(8-16(13)22)19-11-21(3,27-26-19)15-9-17(23)20(25)18(24)10-15/h6-10H,1,4-5,11H2,2-3H3. The molecule has 1 aliphatic rings. The second-order valence-corrected chi connectivity index (χ2v) is 9.10. The molecule has 0 fully saturated rings. The number of hydrogen-bond donors (Lipinski definition) is 0. The van der Waals surface area contributed by atoms with Crippen LogP contribution in [-0.2, 0) is 16.9 Å². The largest absolute Gasteiger partial charge is 0.384 e. The Bertz CT molecular complexity index is 918. The van der Waals surface area contributed by atoms with Gasteiger partial charge in [-0.05, 0) is 50.5 Å². The predicted octanol–water partition coefficient (Wildman–Crippen LogP) is 7.96. The van der Waals surface area contributed by atoms with Crippen molar-refractivity contribution in [3.8, 4) is 0 Å². The second kappa shape index (κ2) is 8.16. The number of nitrogens with zero attached hydrogens (tertiary/aromatic N) is 1. The highest BCUT2D eigenvalue weighted by molar-refractivity contribution is 9.10. The third kappa shape index (κ3) is 4.54. The van der Waals surface area contributed by atoms with Crippen LogP contribution in [0.25, 0.3) is 0 Å². The third-order valence-electron chi connectivity index (χ3n) is 4.66. The first-order valence-electron chi connectivity index (χ1n) is 8.53. The minimum atomic E-state index is -0.641. The molecular weight excluding hydrogens is 469 g/mol. The summed E-state index contributed by atoms with van der Waals surface area (Å²) in [6.07, 6.45) is 2.54.